The molecule has 19 heavy (non-hydrogen) atoms. The molecule has 3 nitrogen and oxygen atoms in total. The average molecular weight is 313 g/mol. The first-order valence-corrected chi connectivity index (χ1v) is 7.46. The zero-order chi connectivity index (χ0) is 13.4. The largest absolute Gasteiger partial charge is 0.298 e. The summed E-state index contributed by atoms with van der Waals surface area (Å²) in [7, 11) is 0. The maximum Gasteiger partial charge on any atom is 0.258 e. The molecule has 0 saturated carbocycles. The highest BCUT2D eigenvalue weighted by atomic mass is 35.5. The fourth-order valence-corrected chi connectivity index (χ4v) is 3.62. The first-order valence-electron chi connectivity index (χ1n) is 5.88. The molecule has 0 bridgehead atoms. The van der Waals surface area contributed by atoms with Crippen LogP contribution in [-0.2, 0) is 12.8 Å². The van der Waals surface area contributed by atoms with E-state index in [1.807, 2.05) is 0 Å². The number of nitrogens with zero attached hydrogens (tertiary/aromatic N) is 1. The van der Waals surface area contributed by atoms with E-state index >= 15 is 0 Å². The lowest BCUT2D eigenvalue weighted by molar-refractivity contribution is 0.102. The number of aromatic nitrogens is 1. The molecule has 1 heterocycles. The fourth-order valence-electron chi connectivity index (χ4n) is 2.08. The van der Waals surface area contributed by atoms with Crippen molar-refractivity contribution in [3.63, 3.8) is 0 Å². The van der Waals surface area contributed by atoms with Crippen LogP contribution in [0.25, 0.3) is 0 Å². The lowest BCUT2D eigenvalue weighted by Crippen LogP contribution is -2.12. The van der Waals surface area contributed by atoms with Gasteiger partial charge in [-0.2, -0.15) is 0 Å². The standard InChI is InChI=1S/C13H10Cl2N2OS/c14-7-4-5-8(9(15)6-7)12(18)17-13-16-10-2-1-3-11(10)19-13/h4-6H,1-3H2,(H,16,17,18). The van der Waals surface area contributed by atoms with Gasteiger partial charge in [0.2, 0.25) is 0 Å². The third kappa shape index (κ3) is 2.61. The van der Waals surface area contributed by atoms with Crippen LogP contribution in [0.3, 0.4) is 0 Å². The molecular weight excluding hydrogens is 303 g/mol. The minimum Gasteiger partial charge on any atom is -0.298 e. The van der Waals surface area contributed by atoms with Gasteiger partial charge >= 0.3 is 0 Å². The SMILES string of the molecule is O=C(Nc1nc2c(s1)CCC2)c1ccc(Cl)cc1Cl. The van der Waals surface area contributed by atoms with Crippen LogP contribution in [0.1, 0.15) is 27.3 Å². The van der Waals surface area contributed by atoms with Gasteiger partial charge in [-0.15, -0.1) is 11.3 Å². The lowest BCUT2D eigenvalue weighted by Gasteiger charge is -2.04. The number of hydrogen-bond acceptors (Lipinski definition) is 3. The summed E-state index contributed by atoms with van der Waals surface area (Å²) in [5.74, 6) is -0.255. The Morgan fingerprint density at radius 1 is 1.32 bits per heavy atom. The van der Waals surface area contributed by atoms with Gasteiger partial charge in [0.25, 0.3) is 5.91 Å². The van der Waals surface area contributed by atoms with Gasteiger partial charge < -0.3 is 0 Å². The van der Waals surface area contributed by atoms with Crippen molar-refractivity contribution >= 4 is 45.6 Å². The van der Waals surface area contributed by atoms with E-state index in [9.17, 15) is 4.79 Å². The zero-order valence-corrected chi connectivity index (χ0v) is 12.2. The number of anilines is 1. The van der Waals surface area contributed by atoms with Gasteiger partial charge in [-0.25, -0.2) is 4.98 Å². The summed E-state index contributed by atoms with van der Waals surface area (Å²) in [4.78, 5) is 17.8. The Kier molecular flexibility index (Phi) is 3.48. The van der Waals surface area contributed by atoms with Crippen molar-refractivity contribution in [2.24, 2.45) is 0 Å². The van der Waals surface area contributed by atoms with Crippen LogP contribution in [0.4, 0.5) is 5.13 Å². The molecular formula is C13H10Cl2N2OS. The summed E-state index contributed by atoms with van der Waals surface area (Å²) >= 11 is 13.4. The number of carbonyl (C=O) groups is 1. The Labute approximate surface area is 124 Å². The molecule has 6 heteroatoms. The lowest BCUT2D eigenvalue weighted by atomic mass is 10.2. The molecule has 98 valence electrons. The number of hydrogen-bond donors (Lipinski definition) is 1. The van der Waals surface area contributed by atoms with E-state index in [-0.39, 0.29) is 5.91 Å². The zero-order valence-electron chi connectivity index (χ0n) is 9.87. The normalized spacial score (nSPS) is 13.4. The molecule has 1 aliphatic carbocycles. The second kappa shape index (κ2) is 5.12. The number of aryl methyl sites for hydroxylation is 2. The van der Waals surface area contributed by atoms with E-state index in [1.54, 1.807) is 29.5 Å². The maximum atomic E-state index is 12.1. The number of nitrogens with one attached hydrogen (secondary N) is 1. The summed E-state index contributed by atoms with van der Waals surface area (Å²) in [6, 6.07) is 4.81. The molecule has 1 aromatic carbocycles. The molecule has 0 radical (unpaired) electrons. The molecule has 3 rings (SSSR count). The Balaban J connectivity index is 1.80. The van der Waals surface area contributed by atoms with Crippen molar-refractivity contribution in [2.45, 2.75) is 19.3 Å². The van der Waals surface area contributed by atoms with E-state index < -0.39 is 0 Å². The molecule has 0 spiro atoms. The third-order valence-electron chi connectivity index (χ3n) is 2.99. The van der Waals surface area contributed by atoms with Crippen molar-refractivity contribution in [3.05, 3.63) is 44.4 Å². The highest BCUT2D eigenvalue weighted by Gasteiger charge is 2.19. The number of rotatable bonds is 2. The first kappa shape index (κ1) is 12.9. The van der Waals surface area contributed by atoms with Crippen LogP contribution >= 0.6 is 34.5 Å². The number of carbonyl (C=O) groups excluding carboxylic acids is 1. The number of halogens is 2. The smallest absolute Gasteiger partial charge is 0.258 e. The number of fused-ring (bicyclic) bond motifs is 1. The van der Waals surface area contributed by atoms with E-state index in [0.29, 0.717) is 20.7 Å². The van der Waals surface area contributed by atoms with Gasteiger partial charge in [-0.1, -0.05) is 23.2 Å². The first-order chi connectivity index (χ1) is 9.13. The molecule has 1 aromatic heterocycles. The van der Waals surface area contributed by atoms with Crippen molar-refractivity contribution < 1.29 is 4.79 Å². The van der Waals surface area contributed by atoms with Crippen LogP contribution in [0.5, 0.6) is 0 Å². The van der Waals surface area contributed by atoms with Gasteiger partial charge in [-0.3, -0.25) is 10.1 Å². The molecule has 1 N–H and O–H groups in total. The molecule has 1 amide bonds. The topological polar surface area (TPSA) is 42.0 Å². The van der Waals surface area contributed by atoms with E-state index in [1.165, 1.54) is 4.88 Å². The Morgan fingerprint density at radius 3 is 2.89 bits per heavy atom. The minimum atomic E-state index is -0.255. The van der Waals surface area contributed by atoms with E-state index in [4.69, 9.17) is 23.2 Å². The van der Waals surface area contributed by atoms with Crippen molar-refractivity contribution in [1.82, 2.24) is 4.98 Å². The third-order valence-corrected chi connectivity index (χ3v) is 4.61. The highest BCUT2D eigenvalue weighted by molar-refractivity contribution is 7.16. The number of benzene rings is 1. The Bertz CT molecular complexity index is 633. The summed E-state index contributed by atoms with van der Waals surface area (Å²) in [5, 5.41) is 4.28. The van der Waals surface area contributed by atoms with Gasteiger partial charge in [-0.05, 0) is 37.5 Å². The molecule has 0 aliphatic heterocycles. The highest BCUT2D eigenvalue weighted by Crippen LogP contribution is 2.31. The molecule has 2 aromatic rings. The average Bonchev–Trinajstić information content (AvgIpc) is 2.89. The molecule has 0 fully saturated rings. The maximum absolute atomic E-state index is 12.1. The fraction of sp³-hybridized carbons (Fsp3) is 0.231. The summed E-state index contributed by atoms with van der Waals surface area (Å²) in [5.41, 5.74) is 1.52. The number of thiazole rings is 1. The van der Waals surface area contributed by atoms with Crippen LogP contribution in [0, 0.1) is 0 Å². The molecule has 0 atom stereocenters. The molecule has 0 saturated heterocycles. The van der Waals surface area contributed by atoms with E-state index in [2.05, 4.69) is 10.3 Å². The summed E-state index contributed by atoms with van der Waals surface area (Å²) in [6.45, 7) is 0. The van der Waals surface area contributed by atoms with Gasteiger partial charge in [0.1, 0.15) is 0 Å². The Hall–Kier alpha value is -1.10. The predicted octanol–water partition coefficient (Wildman–Crippen LogP) is 4.19. The van der Waals surface area contributed by atoms with Crippen LogP contribution in [0.2, 0.25) is 10.0 Å². The number of amides is 1. The van der Waals surface area contributed by atoms with Gasteiger partial charge in [0.05, 0.1) is 16.3 Å². The quantitative estimate of drug-likeness (QED) is 0.903. The van der Waals surface area contributed by atoms with Crippen molar-refractivity contribution in [2.75, 3.05) is 5.32 Å². The van der Waals surface area contributed by atoms with Crippen molar-refractivity contribution in [3.8, 4) is 0 Å². The van der Waals surface area contributed by atoms with Crippen LogP contribution < -0.4 is 5.32 Å². The predicted molar refractivity (Wildman–Crippen MR) is 78.6 cm³/mol. The minimum absolute atomic E-state index is 0.255. The Morgan fingerprint density at radius 2 is 2.16 bits per heavy atom. The van der Waals surface area contributed by atoms with Gasteiger partial charge in [0, 0.05) is 9.90 Å². The van der Waals surface area contributed by atoms with Crippen LogP contribution in [-0.4, -0.2) is 10.9 Å². The molecule has 0 unspecified atom stereocenters. The van der Waals surface area contributed by atoms with Gasteiger partial charge in [0.15, 0.2) is 5.13 Å². The summed E-state index contributed by atoms with van der Waals surface area (Å²) in [6.07, 6.45) is 3.22. The van der Waals surface area contributed by atoms with E-state index in [0.717, 1.165) is 25.0 Å². The molecule has 1 aliphatic rings. The van der Waals surface area contributed by atoms with Crippen molar-refractivity contribution in [1.29, 1.82) is 0 Å². The second-order valence-corrected chi connectivity index (χ2v) is 6.25. The monoisotopic (exact) mass is 312 g/mol. The summed E-state index contributed by atoms with van der Waals surface area (Å²) < 4.78 is 0. The van der Waals surface area contributed by atoms with Crippen LogP contribution in [0.15, 0.2) is 18.2 Å². The second-order valence-electron chi connectivity index (χ2n) is 4.32.